The van der Waals surface area contributed by atoms with Crippen molar-refractivity contribution in [2.45, 2.75) is 51.7 Å². The average Bonchev–Trinajstić information content (AvgIpc) is 3.17. The van der Waals surface area contributed by atoms with Gasteiger partial charge in [0.25, 0.3) is 0 Å². The number of imidazole rings is 1. The number of nitrogens with zero attached hydrogens (tertiary/aromatic N) is 2. The molecule has 10 heteroatoms. The molecule has 1 aromatic carbocycles. The molecule has 1 N–H and O–H groups in total. The molecule has 1 heterocycles. The fraction of sp³-hybridized carbons (Fsp3) is 0.458. The van der Waals surface area contributed by atoms with Crippen LogP contribution in [0, 0.1) is 0 Å². The third kappa shape index (κ3) is 8.10. The molecule has 1 amide bonds. The van der Waals surface area contributed by atoms with Gasteiger partial charge in [0.15, 0.2) is 0 Å². The molecular formula is C24H34BrN3O5Si. The van der Waals surface area contributed by atoms with Crippen LogP contribution in [0.1, 0.15) is 25.1 Å². The minimum Gasteiger partial charge on any atom is -0.465 e. The Morgan fingerprint density at radius 3 is 2.65 bits per heavy atom. The molecule has 0 aliphatic carbocycles. The van der Waals surface area contributed by atoms with Crippen LogP contribution in [0.2, 0.25) is 25.7 Å². The van der Waals surface area contributed by atoms with Gasteiger partial charge in [-0.1, -0.05) is 41.6 Å². The number of methoxy groups -OCH3 is 1. The van der Waals surface area contributed by atoms with Crippen molar-refractivity contribution in [2.75, 3.05) is 25.6 Å². The van der Waals surface area contributed by atoms with Crippen LogP contribution >= 0.6 is 15.9 Å². The highest BCUT2D eigenvalue weighted by molar-refractivity contribution is 9.10. The van der Waals surface area contributed by atoms with E-state index in [9.17, 15) is 9.59 Å². The largest absolute Gasteiger partial charge is 0.465 e. The third-order valence-corrected chi connectivity index (χ3v) is 7.36. The SMILES string of the molecule is C=CCC(C(=O)OCC)c1nc(-c2ccc(NC(=O)OC)cc2Br)cn1COCC[Si](C)(C)C. The van der Waals surface area contributed by atoms with Gasteiger partial charge in [-0.25, -0.2) is 9.78 Å². The Morgan fingerprint density at radius 2 is 2.06 bits per heavy atom. The number of benzene rings is 1. The maximum absolute atomic E-state index is 12.7. The second-order valence-corrected chi connectivity index (χ2v) is 15.4. The summed E-state index contributed by atoms with van der Waals surface area (Å²) in [5.41, 5.74) is 2.05. The molecule has 0 aliphatic heterocycles. The first-order chi connectivity index (χ1) is 16.1. The van der Waals surface area contributed by atoms with Crippen LogP contribution in [0.5, 0.6) is 0 Å². The first-order valence-corrected chi connectivity index (χ1v) is 15.7. The summed E-state index contributed by atoms with van der Waals surface area (Å²) in [5.74, 6) is -0.379. The molecule has 8 nitrogen and oxygen atoms in total. The van der Waals surface area contributed by atoms with Crippen molar-refractivity contribution in [1.29, 1.82) is 0 Å². The van der Waals surface area contributed by atoms with Gasteiger partial charge in [-0.15, -0.1) is 6.58 Å². The number of hydrogen-bond acceptors (Lipinski definition) is 6. The van der Waals surface area contributed by atoms with Crippen molar-refractivity contribution in [3.63, 3.8) is 0 Å². The summed E-state index contributed by atoms with van der Waals surface area (Å²) < 4.78 is 18.5. The van der Waals surface area contributed by atoms with Crippen LogP contribution in [0.15, 0.2) is 41.5 Å². The van der Waals surface area contributed by atoms with E-state index in [0.29, 0.717) is 30.2 Å². The standard InChI is InChI=1S/C24H34BrN3O5Si/c1-7-9-19(23(29)33-8-2)22-27-21(15-28(22)16-32-12-13-34(4,5)6)18-11-10-17(14-20(18)25)26-24(30)31-3/h7,10-11,14-15,19H,1,8-9,12-13,16H2,2-6H3,(H,26,30). The molecule has 2 aromatic rings. The zero-order valence-corrected chi connectivity index (χ0v) is 23.1. The van der Waals surface area contributed by atoms with Crippen LogP contribution in [-0.4, -0.2) is 50.0 Å². The Labute approximate surface area is 210 Å². The third-order valence-electron chi connectivity index (χ3n) is 5.00. The maximum atomic E-state index is 12.7. The van der Waals surface area contributed by atoms with Crippen molar-refractivity contribution in [3.8, 4) is 11.3 Å². The van der Waals surface area contributed by atoms with Crippen LogP contribution in [0.3, 0.4) is 0 Å². The Morgan fingerprint density at radius 1 is 1.32 bits per heavy atom. The molecule has 2 rings (SSSR count). The molecule has 0 saturated carbocycles. The lowest BCUT2D eigenvalue weighted by Gasteiger charge is -2.18. The van der Waals surface area contributed by atoms with E-state index in [1.54, 1.807) is 25.1 Å². The summed E-state index contributed by atoms with van der Waals surface area (Å²) in [4.78, 5) is 29.0. The lowest BCUT2D eigenvalue weighted by atomic mass is 10.1. The van der Waals surface area contributed by atoms with Gasteiger partial charge in [-0.05, 0) is 37.6 Å². The van der Waals surface area contributed by atoms with E-state index in [0.717, 1.165) is 16.1 Å². The fourth-order valence-electron chi connectivity index (χ4n) is 3.17. The molecule has 1 aromatic heterocycles. The zero-order chi connectivity index (χ0) is 25.3. The number of ether oxygens (including phenoxy) is 3. The lowest BCUT2D eigenvalue weighted by molar-refractivity contribution is -0.145. The van der Waals surface area contributed by atoms with E-state index in [1.165, 1.54) is 7.11 Å². The summed E-state index contributed by atoms with van der Waals surface area (Å²) >= 11 is 3.56. The minimum absolute atomic E-state index is 0.277. The van der Waals surface area contributed by atoms with Gasteiger partial charge in [0, 0.05) is 36.6 Å². The molecule has 0 saturated heterocycles. The number of amides is 1. The number of allylic oxidation sites excluding steroid dienone is 1. The molecule has 1 atom stereocenters. The molecule has 0 spiro atoms. The fourth-order valence-corrected chi connectivity index (χ4v) is 4.51. The van der Waals surface area contributed by atoms with Gasteiger partial charge in [-0.3, -0.25) is 10.1 Å². The van der Waals surface area contributed by atoms with E-state index < -0.39 is 20.1 Å². The number of halogens is 1. The zero-order valence-electron chi connectivity index (χ0n) is 20.5. The van der Waals surface area contributed by atoms with Gasteiger partial charge in [0.2, 0.25) is 0 Å². The second kappa shape index (κ2) is 12.9. The number of rotatable bonds is 12. The van der Waals surface area contributed by atoms with Crippen LogP contribution in [0.4, 0.5) is 10.5 Å². The van der Waals surface area contributed by atoms with E-state index in [4.69, 9.17) is 14.5 Å². The molecule has 0 aliphatic rings. The summed E-state index contributed by atoms with van der Waals surface area (Å²) in [6, 6.07) is 6.40. The Hall–Kier alpha value is -2.43. The number of aromatic nitrogens is 2. The maximum Gasteiger partial charge on any atom is 0.411 e. The van der Waals surface area contributed by atoms with Crippen molar-refractivity contribution < 1.29 is 23.8 Å². The Bertz CT molecular complexity index is 1000. The Kier molecular flexibility index (Phi) is 10.5. The molecule has 0 fully saturated rings. The van der Waals surface area contributed by atoms with Gasteiger partial charge in [0.05, 0.1) is 19.4 Å². The molecule has 34 heavy (non-hydrogen) atoms. The first kappa shape index (κ1) is 27.8. The van der Waals surface area contributed by atoms with Gasteiger partial charge >= 0.3 is 12.1 Å². The predicted molar refractivity (Wildman–Crippen MR) is 140 cm³/mol. The highest BCUT2D eigenvalue weighted by atomic mass is 79.9. The monoisotopic (exact) mass is 551 g/mol. The first-order valence-electron chi connectivity index (χ1n) is 11.2. The molecule has 0 radical (unpaired) electrons. The highest BCUT2D eigenvalue weighted by Gasteiger charge is 2.27. The number of esters is 1. The molecule has 0 bridgehead atoms. The van der Waals surface area contributed by atoms with Crippen molar-refractivity contribution >= 4 is 41.8 Å². The number of carbonyl (C=O) groups is 2. The van der Waals surface area contributed by atoms with Crippen molar-refractivity contribution in [3.05, 3.63) is 47.3 Å². The highest BCUT2D eigenvalue weighted by Crippen LogP contribution is 2.32. The molecule has 1 unspecified atom stereocenters. The average molecular weight is 553 g/mol. The number of anilines is 1. The molecular weight excluding hydrogens is 518 g/mol. The van der Waals surface area contributed by atoms with Crippen molar-refractivity contribution in [1.82, 2.24) is 9.55 Å². The van der Waals surface area contributed by atoms with Gasteiger partial charge < -0.3 is 18.8 Å². The second-order valence-electron chi connectivity index (χ2n) is 8.94. The normalized spacial score (nSPS) is 12.2. The lowest BCUT2D eigenvalue weighted by Crippen LogP contribution is -2.23. The van der Waals surface area contributed by atoms with Crippen molar-refractivity contribution in [2.24, 2.45) is 0 Å². The quantitative estimate of drug-likeness (QED) is 0.150. The van der Waals surface area contributed by atoms with E-state index in [1.807, 2.05) is 16.8 Å². The van der Waals surface area contributed by atoms with Crippen LogP contribution < -0.4 is 5.32 Å². The topological polar surface area (TPSA) is 91.7 Å². The summed E-state index contributed by atoms with van der Waals surface area (Å²) in [6.07, 6.45) is 3.40. The predicted octanol–water partition coefficient (Wildman–Crippen LogP) is 6.03. The van der Waals surface area contributed by atoms with Gasteiger partial charge in [0.1, 0.15) is 18.5 Å². The summed E-state index contributed by atoms with van der Waals surface area (Å²) in [5, 5.41) is 2.63. The minimum atomic E-state index is -1.23. The summed E-state index contributed by atoms with van der Waals surface area (Å²) in [7, 11) is 0.0781. The van der Waals surface area contributed by atoms with Crippen LogP contribution in [-0.2, 0) is 25.7 Å². The smallest absolute Gasteiger partial charge is 0.411 e. The van der Waals surface area contributed by atoms with E-state index in [2.05, 4.69) is 52.2 Å². The van der Waals surface area contributed by atoms with Gasteiger partial charge in [-0.2, -0.15) is 0 Å². The van der Waals surface area contributed by atoms with E-state index in [-0.39, 0.29) is 19.3 Å². The Balaban J connectivity index is 2.40. The van der Waals surface area contributed by atoms with E-state index >= 15 is 0 Å². The van der Waals surface area contributed by atoms with Crippen LogP contribution in [0.25, 0.3) is 11.3 Å². The molecule has 186 valence electrons. The number of hydrogen-bond donors (Lipinski definition) is 1. The number of carbonyl (C=O) groups excluding carboxylic acids is 2. The number of nitrogens with one attached hydrogen (secondary N) is 1. The summed E-state index contributed by atoms with van der Waals surface area (Å²) in [6.45, 7) is 13.7.